The molecule has 1 nitrogen and oxygen atoms in total. The fraction of sp³-hybridized carbons (Fsp3) is 1.00. The first-order valence-electron chi connectivity index (χ1n) is 5.48. The van der Waals surface area contributed by atoms with Gasteiger partial charge in [-0.2, -0.15) is 0 Å². The van der Waals surface area contributed by atoms with Gasteiger partial charge in [0.1, 0.15) is 0 Å². The molecule has 1 N–H and O–H groups in total. The van der Waals surface area contributed by atoms with E-state index in [9.17, 15) is 0 Å². The van der Waals surface area contributed by atoms with E-state index < -0.39 is 0 Å². The summed E-state index contributed by atoms with van der Waals surface area (Å²) in [6, 6.07) is 0. The standard InChI is InChI=1S/C11H23ClO/c1-11(10-13)8-6-4-2-3-5-7-9-12/h11,13H,2-10H2,1H3/t11-/m0/s1. The van der Waals surface area contributed by atoms with E-state index in [0.29, 0.717) is 12.5 Å². The molecule has 0 saturated heterocycles. The fourth-order valence-corrected chi connectivity index (χ4v) is 1.57. The molecule has 0 aliphatic heterocycles. The molecule has 0 aromatic carbocycles. The van der Waals surface area contributed by atoms with Gasteiger partial charge in [-0.3, -0.25) is 0 Å². The van der Waals surface area contributed by atoms with E-state index in [1.165, 1.54) is 38.5 Å². The smallest absolute Gasteiger partial charge is 0.0456 e. The van der Waals surface area contributed by atoms with E-state index in [2.05, 4.69) is 6.92 Å². The van der Waals surface area contributed by atoms with Gasteiger partial charge in [0.05, 0.1) is 0 Å². The van der Waals surface area contributed by atoms with E-state index >= 15 is 0 Å². The summed E-state index contributed by atoms with van der Waals surface area (Å²) in [7, 11) is 0. The molecular weight excluding hydrogens is 184 g/mol. The molecule has 13 heavy (non-hydrogen) atoms. The van der Waals surface area contributed by atoms with Gasteiger partial charge in [-0.1, -0.05) is 39.0 Å². The van der Waals surface area contributed by atoms with Crippen LogP contribution in [0.2, 0.25) is 0 Å². The van der Waals surface area contributed by atoms with E-state index in [4.69, 9.17) is 16.7 Å². The third-order valence-corrected chi connectivity index (χ3v) is 2.66. The first-order valence-corrected chi connectivity index (χ1v) is 6.01. The molecule has 0 radical (unpaired) electrons. The van der Waals surface area contributed by atoms with Crippen LogP contribution in [0.5, 0.6) is 0 Å². The van der Waals surface area contributed by atoms with Crippen molar-refractivity contribution in [2.24, 2.45) is 5.92 Å². The number of hydrogen-bond acceptors (Lipinski definition) is 1. The second-order valence-corrected chi connectivity index (χ2v) is 4.26. The van der Waals surface area contributed by atoms with Crippen molar-refractivity contribution in [3.8, 4) is 0 Å². The molecule has 0 rings (SSSR count). The fourth-order valence-electron chi connectivity index (χ4n) is 1.39. The average molecular weight is 207 g/mol. The van der Waals surface area contributed by atoms with Crippen molar-refractivity contribution in [1.82, 2.24) is 0 Å². The highest BCUT2D eigenvalue weighted by atomic mass is 35.5. The Kier molecular flexibility index (Phi) is 10.5. The van der Waals surface area contributed by atoms with E-state index in [1.54, 1.807) is 0 Å². The van der Waals surface area contributed by atoms with Gasteiger partial charge in [0.25, 0.3) is 0 Å². The van der Waals surface area contributed by atoms with Crippen LogP contribution in [0.1, 0.15) is 51.9 Å². The summed E-state index contributed by atoms with van der Waals surface area (Å²) < 4.78 is 0. The maximum absolute atomic E-state index is 8.79. The van der Waals surface area contributed by atoms with Gasteiger partial charge in [0.15, 0.2) is 0 Å². The topological polar surface area (TPSA) is 20.2 Å². The van der Waals surface area contributed by atoms with Gasteiger partial charge in [-0.25, -0.2) is 0 Å². The van der Waals surface area contributed by atoms with Crippen LogP contribution in [0.4, 0.5) is 0 Å². The molecule has 0 saturated carbocycles. The minimum Gasteiger partial charge on any atom is -0.396 e. The second kappa shape index (κ2) is 10.3. The van der Waals surface area contributed by atoms with Crippen LogP contribution in [0.15, 0.2) is 0 Å². The average Bonchev–Trinajstić information content (AvgIpc) is 2.16. The molecule has 0 aliphatic rings. The van der Waals surface area contributed by atoms with Crippen molar-refractivity contribution in [1.29, 1.82) is 0 Å². The molecule has 0 fully saturated rings. The number of hydrogen-bond donors (Lipinski definition) is 1. The van der Waals surface area contributed by atoms with Gasteiger partial charge in [0.2, 0.25) is 0 Å². The molecular formula is C11H23ClO. The second-order valence-electron chi connectivity index (χ2n) is 3.89. The van der Waals surface area contributed by atoms with Crippen molar-refractivity contribution < 1.29 is 5.11 Å². The lowest BCUT2D eigenvalue weighted by atomic mass is 10.0. The Hall–Kier alpha value is 0.250. The third-order valence-electron chi connectivity index (χ3n) is 2.39. The Labute approximate surface area is 87.5 Å². The summed E-state index contributed by atoms with van der Waals surface area (Å²) >= 11 is 5.57. The molecule has 0 aromatic rings. The lowest BCUT2D eigenvalue weighted by Crippen LogP contribution is -1.99. The molecule has 1 atom stereocenters. The predicted molar refractivity (Wildman–Crippen MR) is 59.3 cm³/mol. The zero-order valence-electron chi connectivity index (χ0n) is 8.77. The number of alkyl halides is 1. The van der Waals surface area contributed by atoms with Crippen LogP contribution in [0.25, 0.3) is 0 Å². The molecule has 80 valence electrons. The third kappa shape index (κ3) is 10.2. The zero-order chi connectivity index (χ0) is 9.94. The molecule has 0 aliphatic carbocycles. The number of aliphatic hydroxyl groups is 1. The lowest BCUT2D eigenvalue weighted by molar-refractivity contribution is 0.227. The van der Waals surface area contributed by atoms with Gasteiger partial charge in [-0.15, -0.1) is 11.6 Å². The normalized spacial score (nSPS) is 13.2. The first kappa shape index (κ1) is 13.2. The van der Waals surface area contributed by atoms with Crippen molar-refractivity contribution in [3.63, 3.8) is 0 Å². The highest BCUT2D eigenvalue weighted by Gasteiger charge is 1.98. The van der Waals surface area contributed by atoms with Gasteiger partial charge in [0, 0.05) is 12.5 Å². The maximum Gasteiger partial charge on any atom is 0.0456 e. The molecule has 0 spiro atoms. The van der Waals surface area contributed by atoms with Gasteiger partial charge >= 0.3 is 0 Å². The summed E-state index contributed by atoms with van der Waals surface area (Å²) in [5.41, 5.74) is 0. The summed E-state index contributed by atoms with van der Waals surface area (Å²) in [4.78, 5) is 0. The van der Waals surface area contributed by atoms with Crippen LogP contribution in [-0.2, 0) is 0 Å². The monoisotopic (exact) mass is 206 g/mol. The number of unbranched alkanes of at least 4 members (excludes halogenated alkanes) is 5. The quantitative estimate of drug-likeness (QED) is 0.452. The van der Waals surface area contributed by atoms with E-state index in [1.807, 2.05) is 0 Å². The predicted octanol–water partition coefficient (Wildman–Crippen LogP) is 3.58. The van der Waals surface area contributed by atoms with Crippen LogP contribution in [0, 0.1) is 5.92 Å². The highest BCUT2D eigenvalue weighted by Crippen LogP contribution is 2.11. The molecule has 0 amide bonds. The summed E-state index contributed by atoms with van der Waals surface area (Å²) in [6.45, 7) is 2.44. The van der Waals surface area contributed by atoms with Gasteiger partial charge < -0.3 is 5.11 Å². The van der Waals surface area contributed by atoms with Crippen molar-refractivity contribution in [2.75, 3.05) is 12.5 Å². The lowest BCUT2D eigenvalue weighted by Gasteiger charge is -2.06. The van der Waals surface area contributed by atoms with Crippen LogP contribution in [-0.4, -0.2) is 17.6 Å². The maximum atomic E-state index is 8.79. The Bertz CT molecular complexity index is 96.1. The largest absolute Gasteiger partial charge is 0.396 e. The first-order chi connectivity index (χ1) is 6.31. The number of halogens is 1. The molecule has 0 bridgehead atoms. The molecule has 0 unspecified atom stereocenters. The van der Waals surface area contributed by atoms with Crippen molar-refractivity contribution >= 4 is 11.6 Å². The summed E-state index contributed by atoms with van der Waals surface area (Å²) in [5, 5.41) is 8.79. The Morgan fingerprint density at radius 3 is 2.08 bits per heavy atom. The minimum atomic E-state index is 0.340. The molecule has 0 heterocycles. The minimum absolute atomic E-state index is 0.340. The van der Waals surface area contributed by atoms with E-state index in [-0.39, 0.29) is 0 Å². The Balaban J connectivity index is 2.91. The Morgan fingerprint density at radius 1 is 1.00 bits per heavy atom. The zero-order valence-corrected chi connectivity index (χ0v) is 9.52. The van der Waals surface area contributed by atoms with Crippen LogP contribution >= 0.6 is 11.6 Å². The highest BCUT2D eigenvalue weighted by molar-refractivity contribution is 6.17. The van der Waals surface area contributed by atoms with Gasteiger partial charge in [-0.05, 0) is 18.8 Å². The summed E-state index contributed by atoms with van der Waals surface area (Å²) in [5.74, 6) is 1.30. The number of aliphatic hydroxyl groups excluding tert-OH is 1. The SMILES string of the molecule is C[C@H](CO)CCCCCCCCCl. The number of rotatable bonds is 9. The van der Waals surface area contributed by atoms with E-state index in [0.717, 1.165) is 12.3 Å². The Morgan fingerprint density at radius 2 is 1.54 bits per heavy atom. The summed E-state index contributed by atoms with van der Waals surface area (Å²) in [6.07, 6.45) is 8.84. The van der Waals surface area contributed by atoms with Crippen LogP contribution < -0.4 is 0 Å². The van der Waals surface area contributed by atoms with Crippen molar-refractivity contribution in [2.45, 2.75) is 51.9 Å². The molecule has 0 aromatic heterocycles. The van der Waals surface area contributed by atoms with Crippen LogP contribution in [0.3, 0.4) is 0 Å². The van der Waals surface area contributed by atoms with Crippen molar-refractivity contribution in [3.05, 3.63) is 0 Å². The molecule has 2 heteroatoms.